The molecule has 2 aromatic rings. The maximum absolute atomic E-state index is 11.9. The van der Waals surface area contributed by atoms with Crippen molar-refractivity contribution in [2.24, 2.45) is 0 Å². The fourth-order valence-electron chi connectivity index (χ4n) is 2.52. The number of nitrogens with one attached hydrogen (secondary N) is 2. The largest absolute Gasteiger partial charge is 0.391 e. The van der Waals surface area contributed by atoms with Gasteiger partial charge in [0, 0.05) is 50.3 Å². The van der Waals surface area contributed by atoms with Crippen molar-refractivity contribution >= 4 is 17.7 Å². The molecule has 3 heterocycles. The number of aliphatic hydroxyl groups excluding tert-OH is 1. The molecule has 1 aliphatic rings. The zero-order chi connectivity index (χ0) is 16.8. The summed E-state index contributed by atoms with van der Waals surface area (Å²) in [6.45, 7) is 2.36. The lowest BCUT2D eigenvalue weighted by Gasteiger charge is -2.17. The molecule has 0 saturated carbocycles. The summed E-state index contributed by atoms with van der Waals surface area (Å²) in [4.78, 5) is 26.4. The summed E-state index contributed by atoms with van der Waals surface area (Å²) in [5.41, 5.74) is 0.579. The summed E-state index contributed by atoms with van der Waals surface area (Å²) in [6.07, 6.45) is 5.32. The first kappa shape index (κ1) is 16.1. The Kier molecular flexibility index (Phi) is 5.17. The van der Waals surface area contributed by atoms with Gasteiger partial charge in [0.1, 0.15) is 5.82 Å². The van der Waals surface area contributed by atoms with Crippen molar-refractivity contribution in [3.8, 4) is 0 Å². The van der Waals surface area contributed by atoms with E-state index in [4.69, 9.17) is 0 Å². The number of hydrogen-bond donors (Lipinski definition) is 3. The monoisotopic (exact) mass is 328 g/mol. The highest BCUT2D eigenvalue weighted by molar-refractivity contribution is 5.93. The van der Waals surface area contributed by atoms with Crippen molar-refractivity contribution in [3.05, 3.63) is 42.4 Å². The van der Waals surface area contributed by atoms with E-state index in [2.05, 4.69) is 25.6 Å². The Morgan fingerprint density at radius 1 is 1.25 bits per heavy atom. The average Bonchev–Trinajstić information content (AvgIpc) is 3.06. The zero-order valence-corrected chi connectivity index (χ0v) is 13.2. The quantitative estimate of drug-likeness (QED) is 0.655. The smallest absolute Gasteiger partial charge is 0.251 e. The highest BCUT2D eigenvalue weighted by Crippen LogP contribution is 2.18. The van der Waals surface area contributed by atoms with Crippen molar-refractivity contribution in [1.82, 2.24) is 20.3 Å². The Morgan fingerprint density at radius 3 is 2.83 bits per heavy atom. The maximum atomic E-state index is 11.9. The summed E-state index contributed by atoms with van der Waals surface area (Å²) < 4.78 is 0. The predicted octanol–water partition coefficient (Wildman–Crippen LogP) is 0.284. The number of hydrogen-bond acceptors (Lipinski definition) is 7. The fourth-order valence-corrected chi connectivity index (χ4v) is 2.52. The van der Waals surface area contributed by atoms with Crippen LogP contribution in [-0.2, 0) is 0 Å². The van der Waals surface area contributed by atoms with Gasteiger partial charge >= 0.3 is 0 Å². The first-order chi connectivity index (χ1) is 11.7. The number of carbonyl (C=O) groups excluding carboxylic acids is 1. The molecule has 1 aliphatic heterocycles. The molecule has 1 amide bonds. The molecule has 8 nitrogen and oxygen atoms in total. The van der Waals surface area contributed by atoms with Crippen LogP contribution in [0.15, 0.2) is 36.8 Å². The van der Waals surface area contributed by atoms with Crippen molar-refractivity contribution in [2.75, 3.05) is 36.4 Å². The lowest BCUT2D eigenvalue weighted by atomic mass is 10.2. The second kappa shape index (κ2) is 7.69. The molecule has 1 unspecified atom stereocenters. The van der Waals surface area contributed by atoms with Gasteiger partial charge in [-0.1, -0.05) is 0 Å². The SMILES string of the molecule is O=C(NCCNc1nccc(N2CCC(O)C2)n1)c1ccncc1. The van der Waals surface area contributed by atoms with Crippen LogP contribution < -0.4 is 15.5 Å². The molecule has 3 rings (SSSR count). The number of nitrogens with zero attached hydrogens (tertiary/aromatic N) is 4. The summed E-state index contributed by atoms with van der Waals surface area (Å²) in [6, 6.07) is 5.16. The van der Waals surface area contributed by atoms with E-state index in [1.54, 1.807) is 30.7 Å². The van der Waals surface area contributed by atoms with E-state index in [9.17, 15) is 9.90 Å². The third kappa shape index (κ3) is 4.17. The van der Waals surface area contributed by atoms with Gasteiger partial charge in [-0.05, 0) is 24.6 Å². The van der Waals surface area contributed by atoms with Crippen LogP contribution >= 0.6 is 0 Å². The van der Waals surface area contributed by atoms with Crippen molar-refractivity contribution < 1.29 is 9.90 Å². The van der Waals surface area contributed by atoms with Crippen LogP contribution in [0.3, 0.4) is 0 Å². The lowest BCUT2D eigenvalue weighted by Crippen LogP contribution is -2.29. The number of rotatable bonds is 6. The van der Waals surface area contributed by atoms with E-state index < -0.39 is 0 Å². The van der Waals surface area contributed by atoms with Gasteiger partial charge in [-0.15, -0.1) is 0 Å². The molecule has 0 radical (unpaired) electrons. The van der Waals surface area contributed by atoms with E-state index >= 15 is 0 Å². The number of aromatic nitrogens is 3. The van der Waals surface area contributed by atoms with E-state index in [1.165, 1.54) is 0 Å². The highest BCUT2D eigenvalue weighted by Gasteiger charge is 2.21. The Bertz CT molecular complexity index is 681. The third-order valence-corrected chi connectivity index (χ3v) is 3.76. The number of aliphatic hydroxyl groups is 1. The summed E-state index contributed by atoms with van der Waals surface area (Å²) in [5, 5.41) is 15.5. The zero-order valence-electron chi connectivity index (χ0n) is 13.2. The van der Waals surface area contributed by atoms with Gasteiger partial charge in [0.05, 0.1) is 6.10 Å². The van der Waals surface area contributed by atoms with Crippen LogP contribution in [0.4, 0.5) is 11.8 Å². The number of anilines is 2. The van der Waals surface area contributed by atoms with Crippen LogP contribution in [-0.4, -0.2) is 58.2 Å². The second-order valence-electron chi connectivity index (χ2n) is 5.55. The summed E-state index contributed by atoms with van der Waals surface area (Å²) >= 11 is 0. The molecule has 0 aliphatic carbocycles. The van der Waals surface area contributed by atoms with Crippen LogP contribution in [0.1, 0.15) is 16.8 Å². The molecule has 0 aromatic carbocycles. The number of carbonyl (C=O) groups is 1. The Balaban J connectivity index is 1.46. The molecule has 0 bridgehead atoms. The minimum atomic E-state index is -0.292. The minimum Gasteiger partial charge on any atom is -0.391 e. The second-order valence-corrected chi connectivity index (χ2v) is 5.55. The molecular formula is C16H20N6O2. The van der Waals surface area contributed by atoms with Crippen molar-refractivity contribution in [3.63, 3.8) is 0 Å². The van der Waals surface area contributed by atoms with Crippen molar-refractivity contribution in [1.29, 1.82) is 0 Å². The summed E-state index contributed by atoms with van der Waals surface area (Å²) in [5.74, 6) is 1.16. The molecular weight excluding hydrogens is 308 g/mol. The highest BCUT2D eigenvalue weighted by atomic mass is 16.3. The third-order valence-electron chi connectivity index (χ3n) is 3.76. The molecule has 8 heteroatoms. The van der Waals surface area contributed by atoms with Gasteiger partial charge in [-0.25, -0.2) is 4.98 Å². The molecule has 1 saturated heterocycles. The average molecular weight is 328 g/mol. The number of β-amino-alcohol motifs (C(OH)–C–C–N with tert-alkyl or cyclic N) is 1. The lowest BCUT2D eigenvalue weighted by molar-refractivity contribution is 0.0955. The van der Waals surface area contributed by atoms with Gasteiger partial charge in [0.2, 0.25) is 5.95 Å². The molecule has 1 atom stereocenters. The first-order valence-electron chi connectivity index (χ1n) is 7.90. The Labute approximate surface area is 140 Å². The van der Waals surface area contributed by atoms with Gasteiger partial charge in [0.15, 0.2) is 0 Å². The van der Waals surface area contributed by atoms with Crippen LogP contribution in [0, 0.1) is 0 Å². The van der Waals surface area contributed by atoms with Gasteiger partial charge < -0.3 is 20.6 Å². The molecule has 24 heavy (non-hydrogen) atoms. The van der Waals surface area contributed by atoms with E-state index in [0.29, 0.717) is 31.1 Å². The minimum absolute atomic E-state index is 0.139. The topological polar surface area (TPSA) is 103 Å². The van der Waals surface area contributed by atoms with Gasteiger partial charge in [0.25, 0.3) is 5.91 Å². The van der Waals surface area contributed by atoms with E-state index in [0.717, 1.165) is 18.8 Å². The fraction of sp³-hybridized carbons (Fsp3) is 0.375. The Hall–Kier alpha value is -2.74. The standard InChI is InChI=1S/C16H20N6O2/c23-13-4-10-22(11-13)14-3-7-19-16(21-14)20-9-8-18-15(24)12-1-5-17-6-2-12/h1-3,5-7,13,23H,4,8-11H2,(H,18,24)(H,19,20,21). The molecule has 3 N–H and O–H groups in total. The predicted molar refractivity (Wildman–Crippen MR) is 89.9 cm³/mol. The number of pyridine rings is 1. The van der Waals surface area contributed by atoms with E-state index in [-0.39, 0.29) is 12.0 Å². The van der Waals surface area contributed by atoms with Gasteiger partial charge in [-0.3, -0.25) is 9.78 Å². The molecule has 1 fully saturated rings. The van der Waals surface area contributed by atoms with Gasteiger partial charge in [-0.2, -0.15) is 4.98 Å². The molecule has 2 aromatic heterocycles. The van der Waals surface area contributed by atoms with E-state index in [1.807, 2.05) is 11.0 Å². The van der Waals surface area contributed by atoms with Crippen LogP contribution in [0.5, 0.6) is 0 Å². The number of amides is 1. The normalized spacial score (nSPS) is 16.9. The first-order valence-corrected chi connectivity index (χ1v) is 7.90. The molecule has 0 spiro atoms. The van der Waals surface area contributed by atoms with Crippen LogP contribution in [0.25, 0.3) is 0 Å². The maximum Gasteiger partial charge on any atom is 0.251 e. The Morgan fingerprint density at radius 2 is 2.08 bits per heavy atom. The molecule has 126 valence electrons. The van der Waals surface area contributed by atoms with Crippen molar-refractivity contribution in [2.45, 2.75) is 12.5 Å². The summed E-state index contributed by atoms with van der Waals surface area (Å²) in [7, 11) is 0. The van der Waals surface area contributed by atoms with Crippen LogP contribution in [0.2, 0.25) is 0 Å².